The van der Waals surface area contributed by atoms with Crippen LogP contribution in [0, 0.1) is 0 Å². The van der Waals surface area contributed by atoms with Crippen LogP contribution in [0.15, 0.2) is 18.2 Å². The van der Waals surface area contributed by atoms with Crippen molar-refractivity contribution < 1.29 is 4.79 Å². The van der Waals surface area contributed by atoms with E-state index in [1.165, 1.54) is 0 Å². The van der Waals surface area contributed by atoms with E-state index in [9.17, 15) is 4.79 Å². The molecule has 1 aromatic carbocycles. The maximum absolute atomic E-state index is 12.1. The molecule has 1 fully saturated rings. The number of carbonyl (C=O) groups is 1. The fourth-order valence-electron chi connectivity index (χ4n) is 2.13. The zero-order valence-electron chi connectivity index (χ0n) is 10.7. The summed E-state index contributed by atoms with van der Waals surface area (Å²) in [5.41, 5.74) is 1.71. The van der Waals surface area contributed by atoms with E-state index in [0.29, 0.717) is 5.02 Å². The number of carbonyl (C=O) groups excluding carboxylic acids is 1. The third-order valence-corrected chi connectivity index (χ3v) is 3.31. The van der Waals surface area contributed by atoms with E-state index in [0.717, 1.165) is 30.8 Å². The van der Waals surface area contributed by atoms with Gasteiger partial charge in [-0.3, -0.25) is 4.79 Å². The molecule has 1 atom stereocenters. The lowest BCUT2D eigenvalue weighted by Crippen LogP contribution is -2.35. The third-order valence-electron chi connectivity index (χ3n) is 3.08. The summed E-state index contributed by atoms with van der Waals surface area (Å²) >= 11 is 5.98. The van der Waals surface area contributed by atoms with Crippen molar-refractivity contribution in [3.8, 4) is 0 Å². The Morgan fingerprint density at radius 3 is 2.89 bits per heavy atom. The lowest BCUT2D eigenvalue weighted by Gasteiger charge is -2.19. The van der Waals surface area contributed by atoms with E-state index in [-0.39, 0.29) is 11.9 Å². The van der Waals surface area contributed by atoms with Crippen molar-refractivity contribution in [2.24, 2.45) is 0 Å². The fraction of sp³-hybridized carbons (Fsp3) is 0.462. The second-order valence-electron chi connectivity index (χ2n) is 4.69. The molecule has 98 valence electrons. The van der Waals surface area contributed by atoms with Crippen LogP contribution in [0.5, 0.6) is 0 Å². The van der Waals surface area contributed by atoms with E-state index in [1.807, 2.05) is 31.1 Å². The molecular formula is C13H18ClN3O. The number of nitrogens with zero attached hydrogens (tertiary/aromatic N) is 1. The van der Waals surface area contributed by atoms with Crippen molar-refractivity contribution in [3.63, 3.8) is 0 Å². The first-order valence-corrected chi connectivity index (χ1v) is 6.47. The Morgan fingerprint density at radius 1 is 1.50 bits per heavy atom. The average Bonchev–Trinajstić information content (AvgIpc) is 2.81. The maximum atomic E-state index is 12.1. The monoisotopic (exact) mass is 267 g/mol. The highest BCUT2D eigenvalue weighted by molar-refractivity contribution is 6.31. The molecule has 4 nitrogen and oxygen atoms in total. The number of hydrogen-bond donors (Lipinski definition) is 2. The molecule has 0 radical (unpaired) electrons. The number of nitrogens with one attached hydrogen (secondary N) is 2. The van der Waals surface area contributed by atoms with Gasteiger partial charge in [-0.1, -0.05) is 11.6 Å². The molecular weight excluding hydrogens is 250 g/mol. The lowest BCUT2D eigenvalue weighted by atomic mass is 10.2. The third kappa shape index (κ3) is 2.94. The fourth-order valence-corrected chi connectivity index (χ4v) is 2.30. The molecule has 2 rings (SSSR count). The van der Waals surface area contributed by atoms with E-state index in [1.54, 1.807) is 6.07 Å². The van der Waals surface area contributed by atoms with Gasteiger partial charge >= 0.3 is 0 Å². The van der Waals surface area contributed by atoms with Gasteiger partial charge in [0.1, 0.15) is 0 Å². The Bertz CT molecular complexity index is 442. The first-order valence-electron chi connectivity index (χ1n) is 6.09. The molecule has 0 aliphatic carbocycles. The summed E-state index contributed by atoms with van der Waals surface area (Å²) in [5.74, 6) is 0.0119. The van der Waals surface area contributed by atoms with Gasteiger partial charge in [-0.05, 0) is 37.6 Å². The van der Waals surface area contributed by atoms with Gasteiger partial charge in [0.05, 0.1) is 17.4 Å². The van der Waals surface area contributed by atoms with Gasteiger partial charge in [-0.2, -0.15) is 0 Å². The molecule has 1 aliphatic rings. The van der Waals surface area contributed by atoms with Crippen molar-refractivity contribution >= 4 is 28.9 Å². The van der Waals surface area contributed by atoms with Gasteiger partial charge in [0.2, 0.25) is 5.91 Å². The molecule has 0 spiro atoms. The Morgan fingerprint density at radius 2 is 2.28 bits per heavy atom. The van der Waals surface area contributed by atoms with E-state index in [2.05, 4.69) is 10.6 Å². The molecule has 18 heavy (non-hydrogen) atoms. The highest BCUT2D eigenvalue weighted by atomic mass is 35.5. The van der Waals surface area contributed by atoms with Crippen LogP contribution in [0.4, 0.5) is 11.4 Å². The number of rotatable bonds is 3. The molecule has 2 N–H and O–H groups in total. The van der Waals surface area contributed by atoms with Gasteiger partial charge in [0.15, 0.2) is 0 Å². The molecule has 1 aliphatic heterocycles. The van der Waals surface area contributed by atoms with Crippen LogP contribution in [0.2, 0.25) is 5.02 Å². The number of halogens is 1. The van der Waals surface area contributed by atoms with Crippen LogP contribution in [0.3, 0.4) is 0 Å². The summed E-state index contributed by atoms with van der Waals surface area (Å²) < 4.78 is 0. The molecule has 0 bridgehead atoms. The van der Waals surface area contributed by atoms with Crippen LogP contribution in [-0.2, 0) is 4.79 Å². The summed E-state index contributed by atoms with van der Waals surface area (Å²) in [7, 11) is 3.87. The molecule has 5 heteroatoms. The van der Waals surface area contributed by atoms with Gasteiger partial charge in [-0.25, -0.2) is 0 Å². The second-order valence-corrected chi connectivity index (χ2v) is 5.13. The molecule has 0 unspecified atom stereocenters. The normalized spacial score (nSPS) is 18.7. The molecule has 0 aromatic heterocycles. The van der Waals surface area contributed by atoms with E-state index >= 15 is 0 Å². The minimum atomic E-state index is -0.0843. The molecule has 1 amide bonds. The summed E-state index contributed by atoms with van der Waals surface area (Å²) in [5, 5.41) is 6.75. The van der Waals surface area contributed by atoms with Crippen LogP contribution in [-0.4, -0.2) is 32.6 Å². The Kier molecular flexibility index (Phi) is 4.09. The zero-order valence-corrected chi connectivity index (χ0v) is 11.4. The highest BCUT2D eigenvalue weighted by Gasteiger charge is 2.22. The number of anilines is 2. The molecule has 0 saturated carbocycles. The minimum Gasteiger partial charge on any atom is -0.376 e. The maximum Gasteiger partial charge on any atom is 0.241 e. The lowest BCUT2D eigenvalue weighted by molar-refractivity contribution is -0.117. The molecule has 1 aromatic rings. The molecule has 1 saturated heterocycles. The summed E-state index contributed by atoms with van der Waals surface area (Å²) in [4.78, 5) is 14.0. The van der Waals surface area contributed by atoms with Crippen molar-refractivity contribution in [2.45, 2.75) is 18.9 Å². The number of hydrogen-bond acceptors (Lipinski definition) is 3. The first kappa shape index (κ1) is 13.2. The van der Waals surface area contributed by atoms with Gasteiger partial charge in [0, 0.05) is 19.1 Å². The average molecular weight is 268 g/mol. The Balaban J connectivity index is 2.16. The summed E-state index contributed by atoms with van der Waals surface area (Å²) in [6.07, 6.45) is 1.94. The van der Waals surface area contributed by atoms with Gasteiger partial charge in [-0.15, -0.1) is 0 Å². The predicted octanol–water partition coefficient (Wildman–Crippen LogP) is 2.10. The quantitative estimate of drug-likeness (QED) is 0.882. The number of amides is 1. The van der Waals surface area contributed by atoms with Crippen molar-refractivity contribution in [1.29, 1.82) is 0 Å². The molecule has 1 heterocycles. The van der Waals surface area contributed by atoms with Gasteiger partial charge in [0.25, 0.3) is 0 Å². The van der Waals surface area contributed by atoms with Crippen molar-refractivity contribution in [2.75, 3.05) is 30.9 Å². The van der Waals surface area contributed by atoms with E-state index < -0.39 is 0 Å². The smallest absolute Gasteiger partial charge is 0.241 e. The zero-order chi connectivity index (χ0) is 13.1. The summed E-state index contributed by atoms with van der Waals surface area (Å²) in [6, 6.07) is 5.42. The van der Waals surface area contributed by atoms with Crippen LogP contribution in [0.1, 0.15) is 12.8 Å². The van der Waals surface area contributed by atoms with Gasteiger partial charge < -0.3 is 15.5 Å². The first-order chi connectivity index (χ1) is 8.58. The van der Waals surface area contributed by atoms with Crippen molar-refractivity contribution in [3.05, 3.63) is 23.2 Å². The Labute approximate surface area is 112 Å². The highest BCUT2D eigenvalue weighted by Crippen LogP contribution is 2.28. The minimum absolute atomic E-state index is 0.0119. The van der Waals surface area contributed by atoms with Crippen LogP contribution < -0.4 is 15.5 Å². The van der Waals surface area contributed by atoms with E-state index in [4.69, 9.17) is 11.6 Å². The second kappa shape index (κ2) is 5.59. The largest absolute Gasteiger partial charge is 0.376 e. The predicted molar refractivity (Wildman–Crippen MR) is 75.4 cm³/mol. The summed E-state index contributed by atoms with van der Waals surface area (Å²) in [6.45, 7) is 0.911. The Hall–Kier alpha value is -1.26. The van der Waals surface area contributed by atoms with Crippen LogP contribution in [0.25, 0.3) is 0 Å². The van der Waals surface area contributed by atoms with Crippen molar-refractivity contribution in [1.82, 2.24) is 5.32 Å². The van der Waals surface area contributed by atoms with Crippen LogP contribution >= 0.6 is 11.6 Å². The number of benzene rings is 1. The topological polar surface area (TPSA) is 44.4 Å². The SMILES string of the molecule is CN(C)c1ccc(Cl)cc1NC(=O)[C@H]1CCCN1. The standard InChI is InChI=1S/C13H18ClN3O/c1-17(2)12-6-5-9(14)8-11(12)16-13(18)10-4-3-7-15-10/h5-6,8,10,15H,3-4,7H2,1-2H3,(H,16,18)/t10-/m1/s1.